The van der Waals surface area contributed by atoms with Gasteiger partial charge in [-0.15, -0.1) is 0 Å². The molecule has 1 aromatic carbocycles. The first kappa shape index (κ1) is 16.6. The van der Waals surface area contributed by atoms with E-state index in [9.17, 15) is 14.0 Å². The Bertz CT molecular complexity index is 586. The second-order valence-electron chi connectivity index (χ2n) is 5.44. The van der Waals surface area contributed by atoms with E-state index in [2.05, 4.69) is 5.32 Å². The molecular weight excluding hydrogens is 275 g/mol. The largest absolute Gasteiger partial charge is 0.460 e. The summed E-state index contributed by atoms with van der Waals surface area (Å²) in [6, 6.07) is 5.27. The van der Waals surface area contributed by atoms with Crippen LogP contribution < -0.4 is 5.32 Å². The van der Waals surface area contributed by atoms with Crippen molar-refractivity contribution in [3.05, 3.63) is 29.6 Å². The third kappa shape index (κ3) is 6.04. The number of hydrogen-bond donors (Lipinski definition) is 1. The van der Waals surface area contributed by atoms with Gasteiger partial charge in [-0.1, -0.05) is 0 Å². The van der Waals surface area contributed by atoms with Crippen LogP contribution in [0.4, 0.5) is 10.1 Å². The normalized spacial score (nSPS) is 10.6. The second-order valence-corrected chi connectivity index (χ2v) is 5.44. The third-order valence-corrected chi connectivity index (χ3v) is 2.35. The molecule has 0 spiro atoms. The van der Waals surface area contributed by atoms with Crippen LogP contribution in [0.3, 0.4) is 0 Å². The van der Waals surface area contributed by atoms with Crippen LogP contribution in [0.1, 0.15) is 39.2 Å². The monoisotopic (exact) mass is 292 g/mol. The average molecular weight is 292 g/mol. The van der Waals surface area contributed by atoms with Crippen LogP contribution >= 0.6 is 0 Å². The predicted molar refractivity (Wildman–Crippen MR) is 74.8 cm³/mol. The van der Waals surface area contributed by atoms with Crippen LogP contribution in [0.15, 0.2) is 18.2 Å². The van der Waals surface area contributed by atoms with E-state index in [1.165, 1.54) is 6.07 Å². The Morgan fingerprint density at radius 1 is 1.33 bits per heavy atom. The van der Waals surface area contributed by atoms with Crippen molar-refractivity contribution < 1.29 is 18.7 Å². The maximum Gasteiger partial charge on any atom is 0.306 e. The molecule has 0 atom stereocenters. The number of amides is 1. The van der Waals surface area contributed by atoms with Gasteiger partial charge in [0.1, 0.15) is 17.5 Å². The number of nitriles is 1. The lowest BCUT2D eigenvalue weighted by molar-refractivity contribution is -0.155. The van der Waals surface area contributed by atoms with Gasteiger partial charge in [-0.05, 0) is 39.0 Å². The Hall–Kier alpha value is -2.42. The zero-order chi connectivity index (χ0) is 16.0. The van der Waals surface area contributed by atoms with E-state index < -0.39 is 23.3 Å². The number of anilines is 1. The fourth-order valence-corrected chi connectivity index (χ4v) is 1.54. The van der Waals surface area contributed by atoms with Crippen LogP contribution in [0, 0.1) is 17.1 Å². The minimum absolute atomic E-state index is 0.0284. The van der Waals surface area contributed by atoms with E-state index in [1.54, 1.807) is 26.8 Å². The van der Waals surface area contributed by atoms with Gasteiger partial charge in [0.25, 0.3) is 0 Å². The molecule has 0 unspecified atom stereocenters. The SMILES string of the molecule is CC(C)(C)OC(=O)CCC(=O)Nc1ccc(F)cc1C#N. The van der Waals surface area contributed by atoms with E-state index in [0.717, 1.165) is 12.1 Å². The number of carbonyl (C=O) groups excluding carboxylic acids is 2. The number of esters is 1. The maximum atomic E-state index is 13.0. The number of benzene rings is 1. The van der Waals surface area contributed by atoms with Crippen molar-refractivity contribution in [3.63, 3.8) is 0 Å². The Morgan fingerprint density at radius 2 is 2.00 bits per heavy atom. The van der Waals surface area contributed by atoms with Crippen LogP contribution in [0.2, 0.25) is 0 Å². The number of rotatable bonds is 4. The minimum Gasteiger partial charge on any atom is -0.460 e. The number of nitrogens with one attached hydrogen (secondary N) is 1. The van der Waals surface area contributed by atoms with Gasteiger partial charge in [0.05, 0.1) is 17.7 Å². The molecular formula is C15H17FN2O3. The average Bonchev–Trinajstić information content (AvgIpc) is 2.36. The first-order chi connectivity index (χ1) is 9.71. The summed E-state index contributed by atoms with van der Waals surface area (Å²) in [7, 11) is 0. The number of carbonyl (C=O) groups is 2. The first-order valence-electron chi connectivity index (χ1n) is 6.42. The molecule has 1 aromatic rings. The van der Waals surface area contributed by atoms with Crippen molar-refractivity contribution in [1.29, 1.82) is 5.26 Å². The highest BCUT2D eigenvalue weighted by Gasteiger charge is 2.17. The minimum atomic E-state index is -0.599. The number of hydrogen-bond acceptors (Lipinski definition) is 4. The lowest BCUT2D eigenvalue weighted by atomic mass is 10.1. The lowest BCUT2D eigenvalue weighted by Crippen LogP contribution is -2.24. The summed E-state index contributed by atoms with van der Waals surface area (Å²) >= 11 is 0. The van der Waals surface area contributed by atoms with Gasteiger partial charge in [0, 0.05) is 6.42 Å². The molecule has 21 heavy (non-hydrogen) atoms. The van der Waals surface area contributed by atoms with Gasteiger partial charge < -0.3 is 10.1 Å². The van der Waals surface area contributed by atoms with Crippen LogP contribution in [0.5, 0.6) is 0 Å². The van der Waals surface area contributed by atoms with Crippen LogP contribution in [0.25, 0.3) is 0 Å². The molecule has 1 amide bonds. The summed E-state index contributed by atoms with van der Waals surface area (Å²) in [4.78, 5) is 23.2. The Balaban J connectivity index is 2.56. The number of ether oxygens (including phenoxy) is 1. The molecule has 0 aliphatic rings. The van der Waals surface area contributed by atoms with Gasteiger partial charge in [-0.3, -0.25) is 9.59 Å². The van der Waals surface area contributed by atoms with Gasteiger partial charge in [0.2, 0.25) is 5.91 Å². The highest BCUT2D eigenvalue weighted by Crippen LogP contribution is 2.16. The number of halogens is 1. The van der Waals surface area contributed by atoms with Gasteiger partial charge >= 0.3 is 5.97 Å². The molecule has 112 valence electrons. The molecule has 6 heteroatoms. The highest BCUT2D eigenvalue weighted by molar-refractivity contribution is 5.93. The van der Waals surface area contributed by atoms with E-state index in [-0.39, 0.29) is 24.1 Å². The van der Waals surface area contributed by atoms with E-state index in [0.29, 0.717) is 0 Å². The summed E-state index contributed by atoms with van der Waals surface area (Å²) in [6.07, 6.45) is -0.136. The molecule has 0 radical (unpaired) electrons. The van der Waals surface area contributed by atoms with Crippen molar-refractivity contribution in [2.45, 2.75) is 39.2 Å². The lowest BCUT2D eigenvalue weighted by Gasteiger charge is -2.19. The third-order valence-electron chi connectivity index (χ3n) is 2.35. The molecule has 0 bridgehead atoms. The molecule has 1 N–H and O–H groups in total. The van der Waals surface area contributed by atoms with E-state index in [4.69, 9.17) is 10.00 Å². The summed E-state index contributed by atoms with van der Waals surface area (Å²) in [6.45, 7) is 5.22. The maximum absolute atomic E-state index is 13.0. The summed E-state index contributed by atoms with van der Waals surface area (Å²) in [5.74, 6) is -1.47. The molecule has 0 heterocycles. The summed E-state index contributed by atoms with van der Waals surface area (Å²) < 4.78 is 18.0. The Morgan fingerprint density at radius 3 is 2.57 bits per heavy atom. The quantitative estimate of drug-likeness (QED) is 0.865. The van der Waals surface area contributed by atoms with Gasteiger partial charge in [0.15, 0.2) is 0 Å². The first-order valence-corrected chi connectivity index (χ1v) is 6.42. The Labute approximate surface area is 122 Å². The molecule has 0 aliphatic carbocycles. The molecule has 0 saturated heterocycles. The van der Waals surface area contributed by atoms with Crippen molar-refractivity contribution in [2.75, 3.05) is 5.32 Å². The number of nitrogens with zero attached hydrogens (tertiary/aromatic N) is 1. The van der Waals surface area contributed by atoms with Crippen LogP contribution in [-0.2, 0) is 14.3 Å². The standard InChI is InChI=1S/C15H17FN2O3/c1-15(2,3)21-14(20)7-6-13(19)18-12-5-4-11(16)8-10(12)9-17/h4-5,8H,6-7H2,1-3H3,(H,18,19). The molecule has 0 saturated carbocycles. The predicted octanol–water partition coefficient (Wildman–Crippen LogP) is 2.76. The highest BCUT2D eigenvalue weighted by atomic mass is 19.1. The fraction of sp³-hybridized carbons (Fsp3) is 0.400. The van der Waals surface area contributed by atoms with Crippen molar-refractivity contribution >= 4 is 17.6 Å². The van der Waals surface area contributed by atoms with Crippen molar-refractivity contribution in [2.24, 2.45) is 0 Å². The molecule has 0 aromatic heterocycles. The van der Waals surface area contributed by atoms with Gasteiger partial charge in [-0.25, -0.2) is 4.39 Å². The van der Waals surface area contributed by atoms with E-state index in [1.807, 2.05) is 0 Å². The molecule has 0 aliphatic heterocycles. The smallest absolute Gasteiger partial charge is 0.306 e. The molecule has 5 nitrogen and oxygen atoms in total. The zero-order valence-electron chi connectivity index (χ0n) is 12.2. The van der Waals surface area contributed by atoms with Gasteiger partial charge in [-0.2, -0.15) is 5.26 Å². The summed E-state index contributed by atoms with van der Waals surface area (Å²) in [5, 5.41) is 11.3. The second kappa shape index (κ2) is 6.84. The van der Waals surface area contributed by atoms with E-state index >= 15 is 0 Å². The van der Waals surface area contributed by atoms with Crippen molar-refractivity contribution in [1.82, 2.24) is 0 Å². The summed E-state index contributed by atoms with van der Waals surface area (Å²) in [5.41, 5.74) is -0.355. The van der Waals surface area contributed by atoms with Crippen LogP contribution in [-0.4, -0.2) is 17.5 Å². The topological polar surface area (TPSA) is 79.2 Å². The Kier molecular flexibility index (Phi) is 5.42. The van der Waals surface area contributed by atoms with Crippen molar-refractivity contribution in [3.8, 4) is 6.07 Å². The zero-order valence-corrected chi connectivity index (χ0v) is 12.2. The molecule has 1 rings (SSSR count). The fourth-order valence-electron chi connectivity index (χ4n) is 1.54. The molecule has 0 fully saturated rings.